The van der Waals surface area contributed by atoms with Crippen molar-refractivity contribution in [3.05, 3.63) is 48.0 Å². The summed E-state index contributed by atoms with van der Waals surface area (Å²) in [6, 6.07) is 13.6. The largest absolute Gasteiger partial charge is 0.393 e. The standard InChI is InChI=1S/C17H21NO2/c1-12(2)16(19)9-10-18-17(20)15-8-7-13-5-3-4-6-14(13)11-15/h3-8,11-12,16,19H,9-10H2,1-2H3,(H,18,20). The van der Waals surface area contributed by atoms with Gasteiger partial charge in [-0.2, -0.15) is 0 Å². The number of fused-ring (bicyclic) bond motifs is 1. The molecule has 2 aromatic carbocycles. The van der Waals surface area contributed by atoms with Crippen LogP contribution in [0.25, 0.3) is 10.8 Å². The van der Waals surface area contributed by atoms with Crippen molar-refractivity contribution in [2.24, 2.45) is 5.92 Å². The lowest BCUT2D eigenvalue weighted by atomic mass is 10.0. The van der Waals surface area contributed by atoms with Crippen LogP contribution in [0, 0.1) is 5.92 Å². The van der Waals surface area contributed by atoms with Crippen molar-refractivity contribution in [2.45, 2.75) is 26.4 Å². The van der Waals surface area contributed by atoms with Gasteiger partial charge in [0.15, 0.2) is 0 Å². The molecule has 0 saturated carbocycles. The molecule has 20 heavy (non-hydrogen) atoms. The molecule has 1 unspecified atom stereocenters. The summed E-state index contributed by atoms with van der Waals surface area (Å²) in [5, 5.41) is 14.7. The van der Waals surface area contributed by atoms with Crippen LogP contribution in [0.2, 0.25) is 0 Å². The molecule has 0 bridgehead atoms. The van der Waals surface area contributed by atoms with Gasteiger partial charge in [0.1, 0.15) is 0 Å². The lowest BCUT2D eigenvalue weighted by Crippen LogP contribution is -2.28. The first-order valence-corrected chi connectivity index (χ1v) is 7.03. The summed E-state index contributed by atoms with van der Waals surface area (Å²) in [4.78, 5) is 12.0. The number of hydrogen-bond acceptors (Lipinski definition) is 2. The fourth-order valence-electron chi connectivity index (χ4n) is 2.10. The molecular formula is C17H21NO2. The average molecular weight is 271 g/mol. The third-order valence-electron chi connectivity index (χ3n) is 3.51. The molecule has 0 heterocycles. The molecule has 2 N–H and O–H groups in total. The van der Waals surface area contributed by atoms with Crippen LogP contribution in [0.3, 0.4) is 0 Å². The van der Waals surface area contributed by atoms with Crippen LogP contribution in [-0.4, -0.2) is 23.7 Å². The Bertz CT molecular complexity index is 592. The molecule has 1 atom stereocenters. The number of carbonyl (C=O) groups is 1. The Morgan fingerprint density at radius 3 is 2.55 bits per heavy atom. The van der Waals surface area contributed by atoms with Crippen LogP contribution in [0.15, 0.2) is 42.5 Å². The summed E-state index contributed by atoms with van der Waals surface area (Å²) >= 11 is 0. The molecule has 2 aromatic rings. The van der Waals surface area contributed by atoms with Crippen LogP contribution >= 0.6 is 0 Å². The first-order chi connectivity index (χ1) is 9.58. The first kappa shape index (κ1) is 14.5. The molecule has 0 aromatic heterocycles. The van der Waals surface area contributed by atoms with Crippen LogP contribution in [0.5, 0.6) is 0 Å². The molecule has 0 saturated heterocycles. The zero-order valence-corrected chi connectivity index (χ0v) is 12.0. The van der Waals surface area contributed by atoms with Gasteiger partial charge in [-0.15, -0.1) is 0 Å². The summed E-state index contributed by atoms with van der Waals surface area (Å²) in [5.74, 6) is 0.124. The van der Waals surface area contributed by atoms with Gasteiger partial charge in [0, 0.05) is 12.1 Å². The molecule has 0 fully saturated rings. The Morgan fingerprint density at radius 1 is 1.15 bits per heavy atom. The van der Waals surface area contributed by atoms with E-state index in [-0.39, 0.29) is 17.9 Å². The van der Waals surface area contributed by atoms with Crippen LogP contribution in [0.1, 0.15) is 30.6 Å². The van der Waals surface area contributed by atoms with Gasteiger partial charge in [-0.05, 0) is 35.2 Å². The topological polar surface area (TPSA) is 49.3 Å². The van der Waals surface area contributed by atoms with Crippen LogP contribution < -0.4 is 5.32 Å². The molecule has 3 heteroatoms. The monoisotopic (exact) mass is 271 g/mol. The minimum Gasteiger partial charge on any atom is -0.393 e. The van der Waals surface area contributed by atoms with E-state index in [0.717, 1.165) is 10.8 Å². The van der Waals surface area contributed by atoms with Gasteiger partial charge in [0.25, 0.3) is 5.91 Å². The summed E-state index contributed by atoms with van der Waals surface area (Å²) in [6.07, 6.45) is 0.212. The molecule has 0 aliphatic carbocycles. The number of aliphatic hydroxyl groups is 1. The second-order valence-electron chi connectivity index (χ2n) is 5.42. The highest BCUT2D eigenvalue weighted by atomic mass is 16.3. The third kappa shape index (κ3) is 3.58. The highest BCUT2D eigenvalue weighted by molar-refractivity contribution is 5.98. The smallest absolute Gasteiger partial charge is 0.251 e. The highest BCUT2D eigenvalue weighted by Gasteiger charge is 2.10. The van der Waals surface area contributed by atoms with Gasteiger partial charge < -0.3 is 10.4 Å². The maximum atomic E-state index is 12.0. The van der Waals surface area contributed by atoms with Crippen molar-refractivity contribution in [1.82, 2.24) is 5.32 Å². The van der Waals surface area contributed by atoms with Crippen LogP contribution in [-0.2, 0) is 0 Å². The number of carbonyl (C=O) groups excluding carboxylic acids is 1. The van der Waals surface area contributed by atoms with Gasteiger partial charge >= 0.3 is 0 Å². The number of benzene rings is 2. The number of nitrogens with one attached hydrogen (secondary N) is 1. The van der Waals surface area contributed by atoms with Gasteiger partial charge in [0.2, 0.25) is 0 Å². The molecular weight excluding hydrogens is 250 g/mol. The van der Waals surface area contributed by atoms with E-state index in [1.165, 1.54) is 0 Å². The zero-order valence-electron chi connectivity index (χ0n) is 12.0. The van der Waals surface area contributed by atoms with E-state index in [9.17, 15) is 9.90 Å². The Balaban J connectivity index is 1.97. The van der Waals surface area contributed by atoms with Gasteiger partial charge in [0.05, 0.1) is 6.10 Å². The van der Waals surface area contributed by atoms with E-state index in [1.807, 2.05) is 56.3 Å². The van der Waals surface area contributed by atoms with E-state index >= 15 is 0 Å². The quantitative estimate of drug-likeness (QED) is 0.878. The van der Waals surface area contributed by atoms with Crippen molar-refractivity contribution in [3.63, 3.8) is 0 Å². The Morgan fingerprint density at radius 2 is 1.85 bits per heavy atom. The molecule has 3 nitrogen and oxygen atoms in total. The summed E-state index contributed by atoms with van der Waals surface area (Å²) in [7, 11) is 0. The fraction of sp³-hybridized carbons (Fsp3) is 0.353. The van der Waals surface area contributed by atoms with Crippen LogP contribution in [0.4, 0.5) is 0 Å². The maximum Gasteiger partial charge on any atom is 0.251 e. The van der Waals surface area contributed by atoms with Crippen molar-refractivity contribution >= 4 is 16.7 Å². The van der Waals surface area contributed by atoms with E-state index in [4.69, 9.17) is 0 Å². The Hall–Kier alpha value is -1.87. The fourth-order valence-corrected chi connectivity index (χ4v) is 2.10. The molecule has 2 rings (SSSR count). The number of aliphatic hydroxyl groups excluding tert-OH is 1. The molecule has 1 amide bonds. The first-order valence-electron chi connectivity index (χ1n) is 7.03. The maximum absolute atomic E-state index is 12.0. The summed E-state index contributed by atoms with van der Waals surface area (Å²) in [5.41, 5.74) is 0.655. The van der Waals surface area contributed by atoms with E-state index in [1.54, 1.807) is 0 Å². The van der Waals surface area contributed by atoms with Crippen molar-refractivity contribution in [1.29, 1.82) is 0 Å². The van der Waals surface area contributed by atoms with E-state index < -0.39 is 0 Å². The SMILES string of the molecule is CC(C)C(O)CCNC(=O)c1ccc2ccccc2c1. The molecule has 106 valence electrons. The second kappa shape index (κ2) is 6.53. The average Bonchev–Trinajstić information content (AvgIpc) is 2.46. The lowest BCUT2D eigenvalue weighted by Gasteiger charge is -2.14. The molecule has 0 radical (unpaired) electrons. The lowest BCUT2D eigenvalue weighted by molar-refractivity contribution is 0.0920. The number of amides is 1. The summed E-state index contributed by atoms with van der Waals surface area (Å²) in [6.45, 7) is 4.43. The van der Waals surface area contributed by atoms with Gasteiger partial charge in [-0.1, -0.05) is 44.2 Å². The third-order valence-corrected chi connectivity index (χ3v) is 3.51. The van der Waals surface area contributed by atoms with E-state index in [0.29, 0.717) is 18.5 Å². The van der Waals surface area contributed by atoms with Crippen molar-refractivity contribution in [2.75, 3.05) is 6.54 Å². The second-order valence-corrected chi connectivity index (χ2v) is 5.42. The minimum absolute atomic E-state index is 0.0910. The Labute approximate surface area is 119 Å². The predicted molar refractivity (Wildman–Crippen MR) is 81.7 cm³/mol. The summed E-state index contributed by atoms with van der Waals surface area (Å²) < 4.78 is 0. The highest BCUT2D eigenvalue weighted by Crippen LogP contribution is 2.15. The number of hydrogen-bond donors (Lipinski definition) is 2. The Kier molecular flexibility index (Phi) is 4.74. The minimum atomic E-state index is -0.369. The van der Waals surface area contributed by atoms with Gasteiger partial charge in [-0.25, -0.2) is 0 Å². The molecule has 0 spiro atoms. The molecule has 0 aliphatic rings. The van der Waals surface area contributed by atoms with Crippen molar-refractivity contribution in [3.8, 4) is 0 Å². The van der Waals surface area contributed by atoms with E-state index in [2.05, 4.69) is 5.32 Å². The zero-order chi connectivity index (χ0) is 14.5. The number of rotatable bonds is 5. The van der Waals surface area contributed by atoms with Gasteiger partial charge in [-0.3, -0.25) is 4.79 Å². The van der Waals surface area contributed by atoms with Crippen molar-refractivity contribution < 1.29 is 9.90 Å². The predicted octanol–water partition coefficient (Wildman–Crippen LogP) is 2.98. The normalized spacial score (nSPS) is 12.6. The molecule has 0 aliphatic heterocycles.